The lowest BCUT2D eigenvalue weighted by atomic mass is 9.76. The number of carbonyl (C=O) groups excluding carboxylic acids is 1. The summed E-state index contributed by atoms with van der Waals surface area (Å²) in [5, 5.41) is 12.1. The molecule has 8 heteroatoms. The van der Waals surface area contributed by atoms with Gasteiger partial charge in [0.05, 0.1) is 10.9 Å². The van der Waals surface area contributed by atoms with E-state index in [1.165, 1.54) is 18.2 Å². The number of nitrogens with zero attached hydrogens (tertiary/aromatic N) is 1. The predicted molar refractivity (Wildman–Crippen MR) is 86.2 cm³/mol. The molecule has 0 bridgehead atoms. The molecule has 1 fully saturated rings. The van der Waals surface area contributed by atoms with Crippen LogP contribution in [0.5, 0.6) is 0 Å². The van der Waals surface area contributed by atoms with Crippen molar-refractivity contribution >= 4 is 22.8 Å². The minimum absolute atomic E-state index is 0.194. The molecule has 0 unspecified atom stereocenters. The number of aromatic nitrogens is 2. The lowest BCUT2D eigenvalue weighted by Gasteiger charge is -2.38. The lowest BCUT2D eigenvalue weighted by Crippen LogP contribution is -2.59. The Hall–Kier alpha value is -2.90. The van der Waals surface area contributed by atoms with E-state index < -0.39 is 28.7 Å². The molecule has 3 N–H and O–H groups in total. The van der Waals surface area contributed by atoms with Crippen molar-refractivity contribution in [3.63, 3.8) is 0 Å². The minimum Gasteiger partial charge on any atom is -0.480 e. The summed E-state index contributed by atoms with van der Waals surface area (Å²) in [5.41, 5.74) is -1.75. The minimum atomic E-state index is -1.22. The molecule has 126 valence electrons. The Balaban J connectivity index is 1.99. The van der Waals surface area contributed by atoms with Gasteiger partial charge in [-0.15, -0.1) is 0 Å². The average molecular weight is 331 g/mol. The topological polar surface area (TPSA) is 121 Å². The second-order valence-corrected chi connectivity index (χ2v) is 5.93. The van der Waals surface area contributed by atoms with Gasteiger partial charge in [-0.2, -0.15) is 0 Å². The second-order valence-electron chi connectivity index (χ2n) is 5.93. The molecule has 1 aromatic heterocycles. The number of aromatic amines is 1. The maximum atomic E-state index is 12.3. The quantitative estimate of drug-likeness (QED) is 0.751. The van der Waals surface area contributed by atoms with E-state index in [9.17, 15) is 24.3 Å². The highest BCUT2D eigenvalue weighted by Gasteiger charge is 2.45. The van der Waals surface area contributed by atoms with Gasteiger partial charge in [0, 0.05) is 12.1 Å². The van der Waals surface area contributed by atoms with Gasteiger partial charge < -0.3 is 15.4 Å². The molecule has 0 spiro atoms. The van der Waals surface area contributed by atoms with Gasteiger partial charge >= 0.3 is 11.7 Å². The SMILES string of the molecule is CCn1c(=O)[nH]c2cc(C(=O)NC3(C(=O)O)CCC3)ccc2c1=O. The summed E-state index contributed by atoms with van der Waals surface area (Å²) in [6.45, 7) is 1.93. The Morgan fingerprint density at radius 2 is 2.04 bits per heavy atom. The van der Waals surface area contributed by atoms with Crippen LogP contribution in [0.15, 0.2) is 27.8 Å². The first-order valence-electron chi connectivity index (χ1n) is 7.71. The predicted octanol–water partition coefficient (Wildman–Crippen LogP) is 0.447. The Labute approximate surface area is 136 Å². The molecule has 0 radical (unpaired) electrons. The molecule has 2 aromatic rings. The van der Waals surface area contributed by atoms with Gasteiger partial charge in [-0.05, 0) is 44.4 Å². The maximum absolute atomic E-state index is 12.3. The van der Waals surface area contributed by atoms with Crippen LogP contribution in [0.25, 0.3) is 10.9 Å². The second kappa shape index (κ2) is 5.63. The summed E-state index contributed by atoms with van der Waals surface area (Å²) < 4.78 is 1.07. The molecule has 0 atom stereocenters. The van der Waals surface area contributed by atoms with Gasteiger partial charge in [0.25, 0.3) is 11.5 Å². The molecule has 0 aliphatic heterocycles. The molecule has 1 aromatic carbocycles. The first-order valence-corrected chi connectivity index (χ1v) is 7.71. The van der Waals surface area contributed by atoms with E-state index in [1.807, 2.05) is 0 Å². The number of H-pyrrole nitrogens is 1. The standard InChI is InChI=1S/C16H17N3O5/c1-2-19-13(21)10-5-4-9(8-11(10)17-15(19)24)12(20)18-16(14(22)23)6-3-7-16/h4-5,8H,2-3,6-7H2,1H3,(H,17,24)(H,18,20)(H,22,23). The van der Waals surface area contributed by atoms with E-state index in [0.29, 0.717) is 18.2 Å². The van der Waals surface area contributed by atoms with Crippen LogP contribution in [-0.2, 0) is 11.3 Å². The number of aliphatic carboxylic acids is 1. The van der Waals surface area contributed by atoms with Gasteiger partial charge in [0.1, 0.15) is 5.54 Å². The fraction of sp³-hybridized carbons (Fsp3) is 0.375. The third-order valence-corrected chi connectivity index (χ3v) is 4.53. The Bertz CT molecular complexity index is 952. The number of hydrogen-bond acceptors (Lipinski definition) is 4. The number of amides is 1. The van der Waals surface area contributed by atoms with Gasteiger partial charge in [-0.3, -0.25) is 14.2 Å². The first-order chi connectivity index (χ1) is 11.4. The zero-order valence-corrected chi connectivity index (χ0v) is 13.1. The molecular formula is C16H17N3O5. The van der Waals surface area contributed by atoms with Crippen LogP contribution in [0.2, 0.25) is 0 Å². The molecule has 1 heterocycles. The molecule has 0 saturated heterocycles. The fourth-order valence-electron chi connectivity index (χ4n) is 2.90. The van der Waals surface area contributed by atoms with Crippen molar-refractivity contribution in [1.82, 2.24) is 14.9 Å². The van der Waals surface area contributed by atoms with Crippen molar-refractivity contribution in [2.75, 3.05) is 0 Å². The molecule has 1 aliphatic rings. The molecular weight excluding hydrogens is 314 g/mol. The van der Waals surface area contributed by atoms with E-state index >= 15 is 0 Å². The summed E-state index contributed by atoms with van der Waals surface area (Å²) in [7, 11) is 0. The zero-order valence-electron chi connectivity index (χ0n) is 13.1. The van der Waals surface area contributed by atoms with Crippen LogP contribution in [0.3, 0.4) is 0 Å². The fourth-order valence-corrected chi connectivity index (χ4v) is 2.90. The molecule has 1 amide bonds. The number of fused-ring (bicyclic) bond motifs is 1. The summed E-state index contributed by atoms with van der Waals surface area (Å²) >= 11 is 0. The molecule has 24 heavy (non-hydrogen) atoms. The smallest absolute Gasteiger partial charge is 0.329 e. The molecule has 3 rings (SSSR count). The normalized spacial score (nSPS) is 15.7. The highest BCUT2D eigenvalue weighted by atomic mass is 16.4. The lowest BCUT2D eigenvalue weighted by molar-refractivity contribution is -0.148. The Kier molecular flexibility index (Phi) is 3.75. The number of rotatable bonds is 4. The van der Waals surface area contributed by atoms with E-state index in [0.717, 1.165) is 11.0 Å². The van der Waals surface area contributed by atoms with E-state index in [-0.39, 0.29) is 17.6 Å². The van der Waals surface area contributed by atoms with Crippen LogP contribution in [0, 0.1) is 0 Å². The number of hydrogen-bond donors (Lipinski definition) is 3. The van der Waals surface area contributed by atoms with Gasteiger partial charge in [0.2, 0.25) is 0 Å². The largest absolute Gasteiger partial charge is 0.480 e. The Morgan fingerprint density at radius 3 is 2.58 bits per heavy atom. The number of carboxylic acid groups (broad SMARTS) is 1. The van der Waals surface area contributed by atoms with Gasteiger partial charge in [0.15, 0.2) is 0 Å². The molecule has 1 aliphatic carbocycles. The van der Waals surface area contributed by atoms with Crippen LogP contribution in [0.4, 0.5) is 0 Å². The number of nitrogens with one attached hydrogen (secondary N) is 2. The highest BCUT2D eigenvalue weighted by molar-refractivity contribution is 6.00. The van der Waals surface area contributed by atoms with Gasteiger partial charge in [-0.1, -0.05) is 0 Å². The third-order valence-electron chi connectivity index (χ3n) is 4.53. The molecule has 8 nitrogen and oxygen atoms in total. The zero-order chi connectivity index (χ0) is 17.5. The number of carboxylic acids is 1. The van der Waals surface area contributed by atoms with Crippen molar-refractivity contribution in [2.24, 2.45) is 0 Å². The Morgan fingerprint density at radius 1 is 1.33 bits per heavy atom. The number of benzene rings is 1. The number of carbonyl (C=O) groups is 2. The van der Waals surface area contributed by atoms with E-state index in [1.54, 1.807) is 6.92 Å². The van der Waals surface area contributed by atoms with Crippen LogP contribution in [-0.4, -0.2) is 32.1 Å². The van der Waals surface area contributed by atoms with Crippen molar-refractivity contribution in [2.45, 2.75) is 38.3 Å². The molecule has 1 saturated carbocycles. The summed E-state index contributed by atoms with van der Waals surface area (Å²) in [6, 6.07) is 4.30. The summed E-state index contributed by atoms with van der Waals surface area (Å²) in [4.78, 5) is 50.3. The van der Waals surface area contributed by atoms with Crippen molar-refractivity contribution in [3.8, 4) is 0 Å². The highest BCUT2D eigenvalue weighted by Crippen LogP contribution is 2.32. The maximum Gasteiger partial charge on any atom is 0.329 e. The monoisotopic (exact) mass is 331 g/mol. The van der Waals surface area contributed by atoms with Crippen molar-refractivity contribution in [3.05, 3.63) is 44.6 Å². The van der Waals surface area contributed by atoms with E-state index in [4.69, 9.17) is 0 Å². The van der Waals surface area contributed by atoms with Crippen LogP contribution >= 0.6 is 0 Å². The van der Waals surface area contributed by atoms with E-state index in [2.05, 4.69) is 10.3 Å². The third kappa shape index (κ3) is 2.40. The summed E-state index contributed by atoms with van der Waals surface area (Å²) in [5.74, 6) is -1.60. The van der Waals surface area contributed by atoms with Crippen LogP contribution in [0.1, 0.15) is 36.5 Å². The first kappa shape index (κ1) is 16.0. The van der Waals surface area contributed by atoms with Gasteiger partial charge in [-0.25, -0.2) is 9.59 Å². The van der Waals surface area contributed by atoms with Crippen molar-refractivity contribution < 1.29 is 14.7 Å². The van der Waals surface area contributed by atoms with Crippen LogP contribution < -0.4 is 16.6 Å². The average Bonchev–Trinajstić information content (AvgIpc) is 2.50. The van der Waals surface area contributed by atoms with Crippen molar-refractivity contribution in [1.29, 1.82) is 0 Å². The summed E-state index contributed by atoms with van der Waals surface area (Å²) in [6.07, 6.45) is 1.52.